The fourth-order valence-corrected chi connectivity index (χ4v) is 6.38. The van der Waals surface area contributed by atoms with Crippen molar-refractivity contribution >= 4 is 40.4 Å². The van der Waals surface area contributed by atoms with Gasteiger partial charge >= 0.3 is 18.2 Å². The van der Waals surface area contributed by atoms with Crippen LogP contribution < -0.4 is 25.8 Å². The Morgan fingerprint density at radius 1 is 1.11 bits per heavy atom. The van der Waals surface area contributed by atoms with Crippen molar-refractivity contribution in [2.45, 2.75) is 70.7 Å². The van der Waals surface area contributed by atoms with Crippen molar-refractivity contribution in [2.24, 2.45) is 5.92 Å². The molecule has 0 spiro atoms. The van der Waals surface area contributed by atoms with Crippen molar-refractivity contribution in [1.82, 2.24) is 9.88 Å². The zero-order valence-electron chi connectivity index (χ0n) is 25.8. The summed E-state index contributed by atoms with van der Waals surface area (Å²) in [6.07, 6.45) is 1.34. The summed E-state index contributed by atoms with van der Waals surface area (Å²) in [5.41, 5.74) is 0.181. The van der Waals surface area contributed by atoms with E-state index in [0.717, 1.165) is 24.8 Å². The number of aromatic nitrogens is 1. The largest absolute Gasteiger partial charge is 0.487 e. The quantitative estimate of drug-likeness (QED) is 0.321. The summed E-state index contributed by atoms with van der Waals surface area (Å²) in [4.78, 5) is 53.3. The molecule has 2 atom stereocenters. The Bertz CT molecular complexity index is 1720. The van der Waals surface area contributed by atoms with Crippen LogP contribution in [-0.4, -0.2) is 58.7 Å². The van der Waals surface area contributed by atoms with Crippen LogP contribution in [0.4, 0.5) is 21.0 Å². The van der Waals surface area contributed by atoms with E-state index in [4.69, 9.17) is 14.2 Å². The van der Waals surface area contributed by atoms with Gasteiger partial charge in [0.1, 0.15) is 24.4 Å². The van der Waals surface area contributed by atoms with Crippen molar-refractivity contribution in [2.75, 3.05) is 29.9 Å². The summed E-state index contributed by atoms with van der Waals surface area (Å²) >= 11 is 0. The van der Waals surface area contributed by atoms with Crippen LogP contribution in [-0.2, 0) is 16.1 Å². The summed E-state index contributed by atoms with van der Waals surface area (Å²) in [6, 6.07) is 11.8. The summed E-state index contributed by atoms with van der Waals surface area (Å²) < 4.78 is 18.7. The first kappa shape index (κ1) is 30.3. The number of pyridine rings is 1. The number of carbonyl (C=O) groups excluding carboxylic acids is 2. The van der Waals surface area contributed by atoms with Crippen molar-refractivity contribution in [3.05, 3.63) is 63.9 Å². The van der Waals surface area contributed by atoms with E-state index in [2.05, 4.69) is 15.5 Å². The second kappa shape index (κ2) is 11.3. The topological polar surface area (TPSA) is 148 Å². The average molecular weight is 619 g/mol. The molecule has 238 valence electrons. The Morgan fingerprint density at radius 3 is 2.51 bits per heavy atom. The molecule has 1 saturated heterocycles. The van der Waals surface area contributed by atoms with Crippen LogP contribution >= 0.6 is 0 Å². The number of hydrogen-bond acceptors (Lipinski definition) is 8. The van der Waals surface area contributed by atoms with Gasteiger partial charge in [0.05, 0.1) is 22.9 Å². The molecule has 0 bridgehead atoms. The van der Waals surface area contributed by atoms with Crippen LogP contribution in [0.25, 0.3) is 10.9 Å². The smallest absolute Gasteiger partial charge is 0.411 e. The van der Waals surface area contributed by atoms with Crippen molar-refractivity contribution in [3.63, 3.8) is 0 Å². The Hall–Kier alpha value is -4.74. The molecule has 0 unspecified atom stereocenters. The maximum absolute atomic E-state index is 13.4. The third-order valence-electron chi connectivity index (χ3n) is 8.69. The van der Waals surface area contributed by atoms with Crippen molar-refractivity contribution in [3.8, 4) is 5.75 Å². The lowest BCUT2D eigenvalue weighted by atomic mass is 9.96. The number of carbonyl (C=O) groups is 3. The zero-order chi connectivity index (χ0) is 32.1. The molecule has 12 heteroatoms. The number of hydrogen-bond donors (Lipinski definition) is 3. The number of ether oxygens (including phenoxy) is 3. The Labute approximate surface area is 260 Å². The summed E-state index contributed by atoms with van der Waals surface area (Å²) in [7, 11) is 0. The highest BCUT2D eigenvalue weighted by Gasteiger charge is 2.53. The van der Waals surface area contributed by atoms with Crippen molar-refractivity contribution in [1.29, 1.82) is 0 Å². The van der Waals surface area contributed by atoms with Crippen LogP contribution in [0.1, 0.15) is 68.9 Å². The fourth-order valence-electron chi connectivity index (χ4n) is 6.38. The summed E-state index contributed by atoms with van der Waals surface area (Å²) in [5, 5.41) is 16.1. The minimum absolute atomic E-state index is 0.0430. The first-order valence-corrected chi connectivity index (χ1v) is 15.2. The molecule has 2 fully saturated rings. The van der Waals surface area contributed by atoms with E-state index in [1.807, 2.05) is 51.1 Å². The van der Waals surface area contributed by atoms with Gasteiger partial charge < -0.3 is 29.5 Å². The maximum atomic E-state index is 13.4. The monoisotopic (exact) mass is 618 g/mol. The number of rotatable bonds is 7. The third kappa shape index (κ3) is 6.01. The molecule has 0 radical (unpaired) electrons. The van der Waals surface area contributed by atoms with Gasteiger partial charge in [-0.05, 0) is 64.7 Å². The highest BCUT2D eigenvalue weighted by molar-refractivity contribution is 6.07. The molecule has 1 aliphatic carbocycles. The standard InChI is InChI=1S/C33H38N4O8/c1-19-17-43-27-25(36-13-10-21(16-36)33(11-12-33)35-31(42)45-32(2,3)4)15-24(34-30(41)44-18-20-8-6-5-7-9-20)22-14-23(29(39)40)28(38)37(19)26(22)27/h5-9,14-15,19,21H,10-13,16-18H2,1-4H3,(H,34,41)(H,35,42)(H,39,40)/t19-,21+/m0/s1. The van der Waals surface area contributed by atoms with E-state index in [1.54, 1.807) is 13.0 Å². The fraction of sp³-hybridized carbons (Fsp3) is 0.455. The lowest BCUT2D eigenvalue weighted by molar-refractivity contribution is 0.0477. The normalized spacial score (nSPS) is 19.9. The van der Waals surface area contributed by atoms with Gasteiger partial charge in [-0.1, -0.05) is 30.3 Å². The van der Waals surface area contributed by atoms with Gasteiger partial charge in [0.2, 0.25) is 0 Å². The second-order valence-corrected chi connectivity index (χ2v) is 13.1. The summed E-state index contributed by atoms with van der Waals surface area (Å²) in [6.45, 7) is 8.74. The predicted octanol–water partition coefficient (Wildman–Crippen LogP) is 5.29. The van der Waals surface area contributed by atoms with E-state index in [0.29, 0.717) is 41.1 Å². The van der Waals surface area contributed by atoms with E-state index >= 15 is 0 Å². The first-order chi connectivity index (χ1) is 21.3. The molecule has 3 aromatic rings. The number of nitrogens with zero attached hydrogens (tertiary/aromatic N) is 2. The molecular weight excluding hydrogens is 580 g/mol. The summed E-state index contributed by atoms with van der Waals surface area (Å²) in [5.74, 6) is -0.771. The van der Waals surface area contributed by atoms with Gasteiger partial charge in [-0.25, -0.2) is 14.4 Å². The van der Waals surface area contributed by atoms with Gasteiger partial charge in [0.15, 0.2) is 5.75 Å². The van der Waals surface area contributed by atoms with Crippen LogP contribution in [0.5, 0.6) is 5.75 Å². The van der Waals surface area contributed by atoms with E-state index < -0.39 is 40.9 Å². The molecule has 3 heterocycles. The highest BCUT2D eigenvalue weighted by atomic mass is 16.6. The average Bonchev–Trinajstić information content (AvgIpc) is 3.57. The van der Waals surface area contributed by atoms with Crippen LogP contribution in [0.3, 0.4) is 0 Å². The number of anilines is 2. The SMILES string of the molecule is C[C@H]1COc2c(N3CC[C@@H](C4(NC(=O)OC(C)(C)C)CC4)C3)cc(NC(=O)OCc3ccccc3)c3cc(C(=O)O)c(=O)n1c23. The number of carboxylic acids is 1. The van der Waals surface area contributed by atoms with Crippen LogP contribution in [0, 0.1) is 5.92 Å². The van der Waals surface area contributed by atoms with E-state index in [9.17, 15) is 24.3 Å². The zero-order valence-corrected chi connectivity index (χ0v) is 25.8. The Balaban J connectivity index is 1.36. The predicted molar refractivity (Wildman–Crippen MR) is 167 cm³/mol. The number of carboxylic acid groups (broad SMARTS) is 1. The molecule has 1 saturated carbocycles. The molecular formula is C33H38N4O8. The van der Waals surface area contributed by atoms with Crippen LogP contribution in [0.15, 0.2) is 47.3 Å². The minimum atomic E-state index is -1.36. The number of amides is 2. The molecule has 3 N–H and O–H groups in total. The molecule has 3 aliphatic rings. The van der Waals surface area contributed by atoms with Crippen LogP contribution in [0.2, 0.25) is 0 Å². The maximum Gasteiger partial charge on any atom is 0.411 e. The molecule has 12 nitrogen and oxygen atoms in total. The Morgan fingerprint density at radius 2 is 1.84 bits per heavy atom. The number of nitrogens with one attached hydrogen (secondary N) is 2. The van der Waals surface area contributed by atoms with Gasteiger partial charge in [0.25, 0.3) is 5.56 Å². The second-order valence-electron chi connectivity index (χ2n) is 13.1. The van der Waals surface area contributed by atoms with Crippen molar-refractivity contribution < 1.29 is 33.7 Å². The molecule has 1 aromatic heterocycles. The number of aromatic carboxylic acids is 1. The highest BCUT2D eigenvalue weighted by Crippen LogP contribution is 2.50. The number of benzene rings is 2. The van der Waals surface area contributed by atoms with Gasteiger partial charge in [-0.15, -0.1) is 0 Å². The third-order valence-corrected chi connectivity index (χ3v) is 8.69. The van der Waals surface area contributed by atoms with E-state index in [1.165, 1.54) is 10.6 Å². The van der Waals surface area contributed by atoms with Gasteiger partial charge in [0, 0.05) is 29.9 Å². The molecule has 2 aromatic carbocycles. The lowest BCUT2D eigenvalue weighted by Crippen LogP contribution is -2.45. The molecule has 2 amide bonds. The number of alkyl carbamates (subject to hydrolysis) is 1. The Kier molecular flexibility index (Phi) is 7.62. The van der Waals surface area contributed by atoms with Gasteiger partial charge in [-0.2, -0.15) is 0 Å². The minimum Gasteiger partial charge on any atom is -0.487 e. The van der Waals surface area contributed by atoms with E-state index in [-0.39, 0.29) is 24.7 Å². The molecule has 2 aliphatic heterocycles. The molecule has 6 rings (SSSR count). The lowest BCUT2D eigenvalue weighted by Gasteiger charge is -2.32. The van der Waals surface area contributed by atoms with Gasteiger partial charge in [-0.3, -0.25) is 14.7 Å². The first-order valence-electron chi connectivity index (χ1n) is 15.2. The molecule has 45 heavy (non-hydrogen) atoms.